The molecule has 0 aliphatic heterocycles. The zero-order valence-corrected chi connectivity index (χ0v) is 21.0. The first kappa shape index (κ1) is 26.6. The summed E-state index contributed by atoms with van der Waals surface area (Å²) in [6.07, 6.45) is 10.5. The van der Waals surface area contributed by atoms with Crippen LogP contribution in [0, 0.1) is 11.7 Å². The molecular weight excluding hydrogens is 447 g/mol. The van der Waals surface area contributed by atoms with Crippen LogP contribution in [-0.4, -0.2) is 39.5 Å². The third kappa shape index (κ3) is 7.47. The van der Waals surface area contributed by atoms with E-state index in [4.69, 9.17) is 0 Å². The predicted molar refractivity (Wildman–Crippen MR) is 135 cm³/mol. The number of carbonyl (C=O) groups excluding carboxylic acids is 1. The van der Waals surface area contributed by atoms with Crippen molar-refractivity contribution in [3.8, 4) is 0 Å². The molecule has 0 bridgehead atoms. The van der Waals surface area contributed by atoms with Gasteiger partial charge in [-0.2, -0.15) is 0 Å². The molecule has 1 fully saturated rings. The van der Waals surface area contributed by atoms with Gasteiger partial charge in [-0.1, -0.05) is 40.0 Å². The minimum absolute atomic E-state index is 0.0902. The zero-order chi connectivity index (χ0) is 25.4. The summed E-state index contributed by atoms with van der Waals surface area (Å²) in [6, 6.07) is 3.42. The summed E-state index contributed by atoms with van der Waals surface area (Å²) in [5.41, 5.74) is 2.19. The topological polar surface area (TPSA) is 95.4 Å². The molecule has 8 heteroatoms. The Morgan fingerprint density at radius 3 is 2.46 bits per heavy atom. The number of anilines is 2. The number of amides is 1. The van der Waals surface area contributed by atoms with Gasteiger partial charge in [0.15, 0.2) is 0 Å². The number of hydrogen-bond donors (Lipinski definition) is 2. The molecule has 1 unspecified atom stereocenters. The first-order chi connectivity index (χ1) is 16.8. The quantitative estimate of drug-likeness (QED) is 0.434. The van der Waals surface area contributed by atoms with Gasteiger partial charge in [-0.05, 0) is 54.4 Å². The summed E-state index contributed by atoms with van der Waals surface area (Å²) in [5.74, 6) is -1.78. The Bertz CT molecular complexity index is 993. The molecule has 0 saturated heterocycles. The van der Waals surface area contributed by atoms with E-state index in [1.54, 1.807) is 18.5 Å². The lowest BCUT2D eigenvalue weighted by molar-refractivity contribution is -0.137. The Balaban J connectivity index is 2.02. The number of rotatable bonds is 11. The first-order valence-electron chi connectivity index (χ1n) is 12.6. The number of aliphatic carboxylic acids is 1. The van der Waals surface area contributed by atoms with Crippen LogP contribution in [0.4, 0.5) is 15.8 Å². The standard InChI is InChI=1S/C27H37FN4O3/c1-4-20(11-27(34)35)22-12-24(31-26(33)10-19-14-29-17-30-15-19)25(13-23(22)28)32(16-18(2)3)21-8-6-5-7-9-21/h12-15,17-18,20-21H,4-11,16H2,1-3H3,(H,31,33)(H,34,35). The number of halogens is 1. The van der Waals surface area contributed by atoms with Crippen LogP contribution < -0.4 is 10.2 Å². The fraction of sp³-hybridized carbons (Fsp3) is 0.556. The minimum Gasteiger partial charge on any atom is -0.481 e. The van der Waals surface area contributed by atoms with Crippen LogP contribution in [-0.2, 0) is 16.0 Å². The van der Waals surface area contributed by atoms with Gasteiger partial charge in [0.25, 0.3) is 0 Å². The Kier molecular flexibility index (Phi) is 9.57. The summed E-state index contributed by atoms with van der Waals surface area (Å²) in [5, 5.41) is 12.3. The summed E-state index contributed by atoms with van der Waals surface area (Å²) in [4.78, 5) is 34.6. The van der Waals surface area contributed by atoms with Crippen LogP contribution in [0.25, 0.3) is 0 Å². The first-order valence-corrected chi connectivity index (χ1v) is 12.6. The molecule has 1 aromatic carbocycles. The van der Waals surface area contributed by atoms with Crippen molar-refractivity contribution in [2.75, 3.05) is 16.8 Å². The van der Waals surface area contributed by atoms with Crippen molar-refractivity contribution in [2.45, 2.75) is 84.1 Å². The van der Waals surface area contributed by atoms with E-state index in [0.29, 0.717) is 34.8 Å². The number of aromatic nitrogens is 2. The van der Waals surface area contributed by atoms with E-state index in [2.05, 4.69) is 34.0 Å². The molecule has 1 aromatic heterocycles. The maximum atomic E-state index is 15.5. The van der Waals surface area contributed by atoms with Crippen LogP contribution in [0.2, 0.25) is 0 Å². The highest BCUT2D eigenvalue weighted by molar-refractivity contribution is 5.96. The van der Waals surface area contributed by atoms with E-state index < -0.39 is 17.7 Å². The number of hydrogen-bond acceptors (Lipinski definition) is 5. The van der Waals surface area contributed by atoms with Crippen molar-refractivity contribution in [3.05, 3.63) is 47.8 Å². The second-order valence-corrected chi connectivity index (χ2v) is 9.90. The van der Waals surface area contributed by atoms with Crippen LogP contribution in [0.1, 0.15) is 82.8 Å². The van der Waals surface area contributed by atoms with Crippen LogP contribution in [0.15, 0.2) is 30.9 Å². The largest absolute Gasteiger partial charge is 0.481 e. The molecule has 2 aromatic rings. The number of carbonyl (C=O) groups is 2. The number of nitrogens with zero attached hydrogens (tertiary/aromatic N) is 3. The van der Waals surface area contributed by atoms with Crippen LogP contribution in [0.5, 0.6) is 0 Å². The molecule has 3 rings (SSSR count). The monoisotopic (exact) mass is 484 g/mol. The van der Waals surface area contributed by atoms with Gasteiger partial charge in [0.1, 0.15) is 12.1 Å². The van der Waals surface area contributed by atoms with E-state index >= 15 is 4.39 Å². The summed E-state index contributed by atoms with van der Waals surface area (Å²) in [7, 11) is 0. The minimum atomic E-state index is -0.973. The predicted octanol–water partition coefficient (Wildman–Crippen LogP) is 5.56. The molecular formula is C27H37FN4O3. The van der Waals surface area contributed by atoms with Gasteiger partial charge in [0, 0.05) is 25.0 Å². The molecule has 1 atom stereocenters. The second-order valence-electron chi connectivity index (χ2n) is 9.90. The molecule has 1 heterocycles. The van der Waals surface area contributed by atoms with Gasteiger partial charge in [-0.25, -0.2) is 14.4 Å². The third-order valence-corrected chi connectivity index (χ3v) is 6.61. The molecule has 35 heavy (non-hydrogen) atoms. The summed E-state index contributed by atoms with van der Waals surface area (Å²) in [6.45, 7) is 6.86. The summed E-state index contributed by atoms with van der Waals surface area (Å²) >= 11 is 0. The Morgan fingerprint density at radius 2 is 1.86 bits per heavy atom. The number of benzene rings is 1. The third-order valence-electron chi connectivity index (χ3n) is 6.61. The van der Waals surface area contributed by atoms with Gasteiger partial charge in [0.05, 0.1) is 24.2 Å². The van der Waals surface area contributed by atoms with Crippen molar-refractivity contribution < 1.29 is 19.1 Å². The number of carboxylic acids is 1. The number of nitrogens with one attached hydrogen (secondary N) is 1. The van der Waals surface area contributed by atoms with E-state index in [9.17, 15) is 14.7 Å². The Labute approximate surface area is 207 Å². The number of carboxylic acid groups (broad SMARTS) is 1. The fourth-order valence-corrected chi connectivity index (χ4v) is 4.95. The SMILES string of the molecule is CCC(CC(=O)O)c1cc(NC(=O)Cc2cncnc2)c(N(CC(C)C)C2CCCCC2)cc1F. The van der Waals surface area contributed by atoms with Crippen LogP contribution >= 0.6 is 0 Å². The van der Waals surface area contributed by atoms with Crippen molar-refractivity contribution in [1.82, 2.24) is 9.97 Å². The van der Waals surface area contributed by atoms with Crippen LogP contribution in [0.3, 0.4) is 0 Å². The Hall–Kier alpha value is -3.03. The van der Waals surface area contributed by atoms with Crippen molar-refractivity contribution >= 4 is 23.3 Å². The zero-order valence-electron chi connectivity index (χ0n) is 21.0. The highest BCUT2D eigenvalue weighted by Gasteiger charge is 2.27. The molecule has 190 valence electrons. The Morgan fingerprint density at radius 1 is 1.17 bits per heavy atom. The van der Waals surface area contributed by atoms with Crippen molar-refractivity contribution in [1.29, 1.82) is 0 Å². The van der Waals surface area contributed by atoms with E-state index in [1.807, 2.05) is 6.92 Å². The molecule has 0 spiro atoms. The molecule has 0 radical (unpaired) electrons. The molecule has 1 saturated carbocycles. The summed E-state index contributed by atoms with van der Waals surface area (Å²) < 4.78 is 15.5. The second kappa shape index (κ2) is 12.6. The fourth-order valence-electron chi connectivity index (χ4n) is 4.95. The highest BCUT2D eigenvalue weighted by Crippen LogP contribution is 2.38. The average Bonchev–Trinajstić information content (AvgIpc) is 2.83. The van der Waals surface area contributed by atoms with Crippen molar-refractivity contribution in [3.63, 3.8) is 0 Å². The average molecular weight is 485 g/mol. The maximum absolute atomic E-state index is 15.5. The van der Waals surface area contributed by atoms with Crippen molar-refractivity contribution in [2.24, 2.45) is 5.92 Å². The molecule has 7 nitrogen and oxygen atoms in total. The maximum Gasteiger partial charge on any atom is 0.303 e. The van der Waals surface area contributed by atoms with Gasteiger partial charge < -0.3 is 15.3 Å². The molecule has 1 aliphatic rings. The van der Waals surface area contributed by atoms with E-state index in [1.165, 1.54) is 18.8 Å². The molecule has 2 N–H and O–H groups in total. The van der Waals surface area contributed by atoms with E-state index in [0.717, 1.165) is 32.2 Å². The van der Waals surface area contributed by atoms with Gasteiger partial charge in [-0.15, -0.1) is 0 Å². The normalized spacial score (nSPS) is 15.1. The van der Waals surface area contributed by atoms with E-state index in [-0.39, 0.29) is 24.8 Å². The molecule has 1 amide bonds. The van der Waals surface area contributed by atoms with Gasteiger partial charge in [-0.3, -0.25) is 9.59 Å². The smallest absolute Gasteiger partial charge is 0.303 e. The van der Waals surface area contributed by atoms with Gasteiger partial charge in [0.2, 0.25) is 5.91 Å². The lowest BCUT2D eigenvalue weighted by atomic mass is 9.90. The lowest BCUT2D eigenvalue weighted by Crippen LogP contribution is -2.40. The van der Waals surface area contributed by atoms with Gasteiger partial charge >= 0.3 is 5.97 Å². The lowest BCUT2D eigenvalue weighted by Gasteiger charge is -2.38. The molecule has 1 aliphatic carbocycles. The highest BCUT2D eigenvalue weighted by atomic mass is 19.1.